The van der Waals surface area contributed by atoms with Crippen LogP contribution < -0.4 is 10.6 Å². The van der Waals surface area contributed by atoms with E-state index in [4.69, 9.17) is 5.73 Å². The molecule has 1 fully saturated rings. The predicted molar refractivity (Wildman–Crippen MR) is 81.4 cm³/mol. The van der Waals surface area contributed by atoms with Gasteiger partial charge in [-0.15, -0.1) is 0 Å². The van der Waals surface area contributed by atoms with Crippen molar-refractivity contribution >= 4 is 11.5 Å². The number of nitrogen functional groups attached to an aromatic ring is 1. The highest BCUT2D eigenvalue weighted by Gasteiger charge is 2.32. The van der Waals surface area contributed by atoms with Crippen molar-refractivity contribution in [1.29, 1.82) is 0 Å². The lowest BCUT2D eigenvalue weighted by Crippen LogP contribution is -2.46. The molecular formula is C15H28N4. The summed E-state index contributed by atoms with van der Waals surface area (Å²) in [5.41, 5.74) is 8.29. The molecule has 0 bridgehead atoms. The van der Waals surface area contributed by atoms with Gasteiger partial charge in [-0.25, -0.2) is 0 Å². The number of nitrogens with zero attached hydrogens (tertiary/aromatic N) is 3. The van der Waals surface area contributed by atoms with Crippen LogP contribution in [0.15, 0.2) is 0 Å². The molecule has 108 valence electrons. The average Bonchev–Trinajstić information content (AvgIpc) is 2.60. The maximum atomic E-state index is 6.35. The molecule has 0 spiro atoms. The van der Waals surface area contributed by atoms with Crippen LogP contribution >= 0.6 is 0 Å². The number of aromatic nitrogens is 2. The Balaban J connectivity index is 2.34. The molecule has 3 atom stereocenters. The van der Waals surface area contributed by atoms with Gasteiger partial charge < -0.3 is 10.6 Å². The highest BCUT2D eigenvalue weighted by molar-refractivity contribution is 5.67. The van der Waals surface area contributed by atoms with Crippen LogP contribution in [0.25, 0.3) is 0 Å². The van der Waals surface area contributed by atoms with Crippen LogP contribution in [0.2, 0.25) is 0 Å². The van der Waals surface area contributed by atoms with Crippen molar-refractivity contribution < 1.29 is 0 Å². The number of rotatable bonds is 3. The number of aryl methyl sites for hydroxylation is 2. The van der Waals surface area contributed by atoms with Crippen molar-refractivity contribution in [2.24, 2.45) is 18.9 Å². The monoisotopic (exact) mass is 264 g/mol. The molecule has 0 radical (unpaired) electrons. The molecule has 1 aromatic rings. The Hall–Kier alpha value is -1.19. The Bertz CT molecular complexity index is 438. The van der Waals surface area contributed by atoms with Gasteiger partial charge in [0.15, 0.2) is 5.82 Å². The lowest BCUT2D eigenvalue weighted by Gasteiger charge is -2.42. The second-order valence-electron chi connectivity index (χ2n) is 6.27. The zero-order valence-electron chi connectivity index (χ0n) is 13.0. The van der Waals surface area contributed by atoms with Crippen molar-refractivity contribution in [1.82, 2.24) is 9.78 Å². The largest absolute Gasteiger partial charge is 0.394 e. The van der Waals surface area contributed by atoms with E-state index in [2.05, 4.69) is 37.7 Å². The molecule has 0 aliphatic carbocycles. The van der Waals surface area contributed by atoms with Crippen LogP contribution in [0.3, 0.4) is 0 Å². The molecular weight excluding hydrogens is 236 g/mol. The summed E-state index contributed by atoms with van der Waals surface area (Å²) in [5.74, 6) is 2.54. The third-order valence-electron chi connectivity index (χ3n) is 4.49. The van der Waals surface area contributed by atoms with Crippen molar-refractivity contribution in [3.8, 4) is 0 Å². The first-order chi connectivity index (χ1) is 8.95. The van der Waals surface area contributed by atoms with E-state index in [-0.39, 0.29) is 0 Å². The first-order valence-electron chi connectivity index (χ1n) is 7.53. The van der Waals surface area contributed by atoms with Crippen molar-refractivity contribution in [3.63, 3.8) is 0 Å². The van der Waals surface area contributed by atoms with Gasteiger partial charge >= 0.3 is 0 Å². The van der Waals surface area contributed by atoms with E-state index in [9.17, 15) is 0 Å². The van der Waals surface area contributed by atoms with E-state index >= 15 is 0 Å². The fraction of sp³-hybridized carbons (Fsp3) is 0.800. The van der Waals surface area contributed by atoms with E-state index in [1.807, 2.05) is 11.7 Å². The molecule has 2 heterocycles. The molecule has 0 saturated carbocycles. The number of hydrogen-bond donors (Lipinski definition) is 1. The van der Waals surface area contributed by atoms with Crippen molar-refractivity contribution in [2.75, 3.05) is 17.2 Å². The summed E-state index contributed by atoms with van der Waals surface area (Å²) in [6, 6.07) is 0.531. The van der Waals surface area contributed by atoms with Crippen LogP contribution in [-0.4, -0.2) is 22.4 Å². The Labute approximate surface area is 117 Å². The second kappa shape index (κ2) is 5.43. The Morgan fingerprint density at radius 3 is 2.63 bits per heavy atom. The molecule has 3 unspecified atom stereocenters. The summed E-state index contributed by atoms with van der Waals surface area (Å²) in [5, 5.41) is 4.61. The highest BCUT2D eigenvalue weighted by atomic mass is 15.4. The minimum atomic E-state index is 0.531. The maximum absolute atomic E-state index is 6.35. The Kier molecular flexibility index (Phi) is 4.07. The maximum Gasteiger partial charge on any atom is 0.150 e. The van der Waals surface area contributed by atoms with Gasteiger partial charge in [0.25, 0.3) is 0 Å². The Morgan fingerprint density at radius 2 is 2.00 bits per heavy atom. The topological polar surface area (TPSA) is 47.1 Å². The van der Waals surface area contributed by atoms with Gasteiger partial charge in [0.05, 0.1) is 11.4 Å². The zero-order chi connectivity index (χ0) is 14.2. The van der Waals surface area contributed by atoms with Crippen LogP contribution in [0, 0.1) is 11.8 Å². The number of hydrogen-bond acceptors (Lipinski definition) is 3. The van der Waals surface area contributed by atoms with E-state index in [1.54, 1.807) is 0 Å². The lowest BCUT2D eigenvalue weighted by atomic mass is 9.86. The van der Waals surface area contributed by atoms with E-state index in [0.717, 1.165) is 42.5 Å². The van der Waals surface area contributed by atoms with Gasteiger partial charge in [0.1, 0.15) is 0 Å². The molecule has 1 aliphatic rings. The molecule has 1 aromatic heterocycles. The van der Waals surface area contributed by atoms with Gasteiger partial charge in [-0.05, 0) is 31.6 Å². The lowest BCUT2D eigenvalue weighted by molar-refractivity contribution is 0.293. The van der Waals surface area contributed by atoms with Gasteiger partial charge in [-0.1, -0.05) is 27.2 Å². The average molecular weight is 264 g/mol. The number of piperidine rings is 1. The SMILES string of the molecule is CCCc1nn(C)c(N2CC(C)CC(C)C2C)c1N. The van der Waals surface area contributed by atoms with Gasteiger partial charge in [0.2, 0.25) is 0 Å². The van der Waals surface area contributed by atoms with Crippen LogP contribution in [0.4, 0.5) is 11.5 Å². The molecule has 19 heavy (non-hydrogen) atoms. The standard InChI is InChI=1S/C15H28N4/c1-6-7-13-14(16)15(18(5)17-13)19-9-10(2)8-11(3)12(19)4/h10-12H,6-9,16H2,1-5H3. The fourth-order valence-electron chi connectivity index (χ4n) is 3.34. The van der Waals surface area contributed by atoms with E-state index in [1.165, 1.54) is 6.42 Å². The number of anilines is 2. The van der Waals surface area contributed by atoms with Crippen LogP contribution in [0.1, 0.15) is 46.2 Å². The quantitative estimate of drug-likeness (QED) is 0.913. The molecule has 1 aliphatic heterocycles. The molecule has 0 amide bonds. The second-order valence-corrected chi connectivity index (χ2v) is 6.27. The first-order valence-corrected chi connectivity index (χ1v) is 7.53. The summed E-state index contributed by atoms with van der Waals surface area (Å²) in [6.07, 6.45) is 3.35. The summed E-state index contributed by atoms with van der Waals surface area (Å²) in [7, 11) is 2.02. The van der Waals surface area contributed by atoms with E-state index < -0.39 is 0 Å². The molecule has 1 saturated heterocycles. The minimum absolute atomic E-state index is 0.531. The molecule has 4 heteroatoms. The smallest absolute Gasteiger partial charge is 0.150 e. The Morgan fingerprint density at radius 1 is 1.32 bits per heavy atom. The van der Waals surface area contributed by atoms with Gasteiger partial charge in [0, 0.05) is 19.6 Å². The molecule has 2 rings (SSSR count). The van der Waals surface area contributed by atoms with Crippen LogP contribution in [-0.2, 0) is 13.5 Å². The number of nitrogens with two attached hydrogens (primary N) is 1. The zero-order valence-corrected chi connectivity index (χ0v) is 13.0. The van der Waals surface area contributed by atoms with Crippen LogP contribution in [0.5, 0.6) is 0 Å². The first kappa shape index (κ1) is 14.2. The predicted octanol–water partition coefficient (Wildman–Crippen LogP) is 2.83. The fourth-order valence-corrected chi connectivity index (χ4v) is 3.34. The van der Waals surface area contributed by atoms with Crippen molar-refractivity contribution in [3.05, 3.63) is 5.69 Å². The van der Waals surface area contributed by atoms with Gasteiger partial charge in [-0.3, -0.25) is 4.68 Å². The molecule has 0 aromatic carbocycles. The summed E-state index contributed by atoms with van der Waals surface area (Å²) >= 11 is 0. The minimum Gasteiger partial charge on any atom is -0.394 e. The van der Waals surface area contributed by atoms with E-state index in [0.29, 0.717) is 12.0 Å². The third kappa shape index (κ3) is 2.58. The highest BCUT2D eigenvalue weighted by Crippen LogP contribution is 2.35. The summed E-state index contributed by atoms with van der Waals surface area (Å²) < 4.78 is 1.97. The van der Waals surface area contributed by atoms with Gasteiger partial charge in [-0.2, -0.15) is 5.10 Å². The molecule has 2 N–H and O–H groups in total. The summed E-state index contributed by atoms with van der Waals surface area (Å²) in [4.78, 5) is 2.46. The summed E-state index contributed by atoms with van der Waals surface area (Å²) in [6.45, 7) is 10.2. The molecule has 4 nitrogen and oxygen atoms in total. The normalized spacial score (nSPS) is 27.8. The third-order valence-corrected chi connectivity index (χ3v) is 4.49. The van der Waals surface area contributed by atoms with Crippen molar-refractivity contribution in [2.45, 2.75) is 53.0 Å².